The van der Waals surface area contributed by atoms with E-state index in [0.717, 1.165) is 22.9 Å². The molecule has 0 unspecified atom stereocenters. The number of thiocarbonyl (C=S) groups is 1. The lowest BCUT2D eigenvalue weighted by molar-refractivity contribution is 0.482. The second kappa shape index (κ2) is 11.0. The summed E-state index contributed by atoms with van der Waals surface area (Å²) in [6, 6.07) is 39.4. The van der Waals surface area contributed by atoms with Gasteiger partial charge in [-0.25, -0.2) is 0 Å². The average molecular weight is 581 g/mol. The van der Waals surface area contributed by atoms with E-state index < -0.39 is 0 Å². The van der Waals surface area contributed by atoms with Crippen LogP contribution >= 0.6 is 12.2 Å². The van der Waals surface area contributed by atoms with Crippen LogP contribution in [0.15, 0.2) is 121 Å². The molecule has 2 atom stereocenters. The van der Waals surface area contributed by atoms with Gasteiger partial charge in [0.1, 0.15) is 11.5 Å². The fraction of sp³-hybridized carbons (Fsp3) is 0.135. The molecule has 1 aliphatic rings. The Morgan fingerprint density at radius 2 is 1.47 bits per heavy atom. The average Bonchev–Trinajstić information content (AvgIpc) is 3.53. The van der Waals surface area contributed by atoms with E-state index in [1.807, 2.05) is 42.6 Å². The maximum absolute atomic E-state index is 6.12. The summed E-state index contributed by atoms with van der Waals surface area (Å²) >= 11 is 6.02. The zero-order valence-electron chi connectivity index (χ0n) is 24.4. The number of pyridine rings is 1. The Labute approximate surface area is 257 Å². The molecular weight excluding hydrogens is 549 g/mol. The maximum Gasteiger partial charge on any atom is 0.174 e. The predicted molar refractivity (Wildman–Crippen MR) is 178 cm³/mol. The molecule has 1 aliphatic heterocycles. The first-order valence-corrected chi connectivity index (χ1v) is 14.9. The topological polar surface area (TPSA) is 42.3 Å². The van der Waals surface area contributed by atoms with E-state index in [0.29, 0.717) is 5.11 Å². The van der Waals surface area contributed by atoms with Crippen LogP contribution in [0.2, 0.25) is 0 Å². The van der Waals surface area contributed by atoms with E-state index in [9.17, 15) is 0 Å². The largest absolute Gasteiger partial charge is 0.457 e. The van der Waals surface area contributed by atoms with E-state index in [2.05, 4.69) is 114 Å². The molecule has 0 amide bonds. The molecule has 2 aromatic heterocycles. The minimum absolute atomic E-state index is 0.110. The fourth-order valence-corrected chi connectivity index (χ4v) is 6.57. The molecule has 5 nitrogen and oxygen atoms in total. The van der Waals surface area contributed by atoms with E-state index in [-0.39, 0.29) is 12.1 Å². The highest BCUT2D eigenvalue weighted by Gasteiger charge is 2.42. The summed E-state index contributed by atoms with van der Waals surface area (Å²) in [5.74, 6) is 1.59. The first-order valence-electron chi connectivity index (χ1n) is 14.5. The van der Waals surface area contributed by atoms with Gasteiger partial charge >= 0.3 is 0 Å². The number of hydrogen-bond acceptors (Lipinski definition) is 3. The second-order valence-electron chi connectivity index (χ2n) is 11.1. The molecule has 4 aromatic carbocycles. The summed E-state index contributed by atoms with van der Waals surface area (Å²) in [6.45, 7) is 6.45. The van der Waals surface area contributed by atoms with Gasteiger partial charge in [-0.15, -0.1) is 0 Å². The smallest absolute Gasteiger partial charge is 0.174 e. The summed E-state index contributed by atoms with van der Waals surface area (Å²) in [7, 11) is 0. The second-order valence-corrected chi connectivity index (χ2v) is 11.5. The van der Waals surface area contributed by atoms with Gasteiger partial charge in [-0.2, -0.15) is 0 Å². The molecule has 0 radical (unpaired) electrons. The molecule has 3 heterocycles. The molecular formula is C37H32N4OS. The van der Waals surface area contributed by atoms with E-state index >= 15 is 0 Å². The van der Waals surface area contributed by atoms with E-state index in [1.165, 1.54) is 39.0 Å². The van der Waals surface area contributed by atoms with Gasteiger partial charge in [0.2, 0.25) is 0 Å². The summed E-state index contributed by atoms with van der Waals surface area (Å²) < 4.78 is 8.49. The molecule has 0 spiro atoms. The molecule has 7 rings (SSSR count). The van der Waals surface area contributed by atoms with Crippen LogP contribution in [-0.2, 0) is 0 Å². The SMILES string of the molecule is Cc1ccc(Oc2ccc(N3C(=S)N[C@@H](c4ccccn4)[C@H]3c3cc(C)n(-c4cccc5ccccc45)c3C)cc2)cc1. The number of aryl methyl sites for hydroxylation is 2. The van der Waals surface area contributed by atoms with Crippen molar-refractivity contribution in [2.24, 2.45) is 0 Å². The number of rotatable bonds is 6. The number of nitrogens with zero attached hydrogens (tertiary/aromatic N) is 3. The van der Waals surface area contributed by atoms with Crippen molar-refractivity contribution in [2.75, 3.05) is 4.90 Å². The van der Waals surface area contributed by atoms with E-state index in [4.69, 9.17) is 21.9 Å². The Morgan fingerprint density at radius 3 is 2.21 bits per heavy atom. The summed E-state index contributed by atoms with van der Waals surface area (Å²) in [5.41, 5.74) is 7.86. The molecule has 1 fully saturated rings. The van der Waals surface area contributed by atoms with Gasteiger partial charge < -0.3 is 19.5 Å². The summed E-state index contributed by atoms with van der Waals surface area (Å²) in [5, 5.41) is 6.72. The molecule has 6 aromatic rings. The zero-order chi connectivity index (χ0) is 29.5. The van der Waals surface area contributed by atoms with Crippen molar-refractivity contribution in [2.45, 2.75) is 32.9 Å². The van der Waals surface area contributed by atoms with Crippen molar-refractivity contribution in [1.82, 2.24) is 14.9 Å². The molecule has 6 heteroatoms. The lowest BCUT2D eigenvalue weighted by atomic mass is 9.96. The fourth-order valence-electron chi connectivity index (χ4n) is 6.23. The first-order chi connectivity index (χ1) is 21.0. The lowest BCUT2D eigenvalue weighted by Crippen LogP contribution is -2.29. The minimum Gasteiger partial charge on any atom is -0.457 e. The number of fused-ring (bicyclic) bond motifs is 1. The van der Waals surface area contributed by atoms with Crippen LogP contribution in [0.25, 0.3) is 16.5 Å². The number of hydrogen-bond donors (Lipinski definition) is 1. The van der Waals surface area contributed by atoms with Crippen LogP contribution in [0.1, 0.15) is 40.3 Å². The summed E-state index contributed by atoms with van der Waals surface area (Å²) in [6.07, 6.45) is 1.84. The van der Waals surface area contributed by atoms with Crippen LogP contribution in [0.4, 0.5) is 5.69 Å². The highest BCUT2D eigenvalue weighted by atomic mass is 32.1. The van der Waals surface area contributed by atoms with Gasteiger partial charge in [-0.1, -0.05) is 60.2 Å². The quantitative estimate of drug-likeness (QED) is 0.199. The normalized spacial score (nSPS) is 16.4. The molecule has 0 bridgehead atoms. The third-order valence-electron chi connectivity index (χ3n) is 8.27. The van der Waals surface area contributed by atoms with Crippen molar-refractivity contribution in [3.8, 4) is 17.2 Å². The number of anilines is 1. The standard InChI is InChI=1S/C37H32N4OS/c1-24-14-18-29(19-15-24)42-30-20-16-28(17-21-30)41-36(35(39-37(41)43)33-12-6-7-22-38-33)32-23-25(2)40(26(32)3)34-13-8-10-27-9-4-5-11-31(27)34/h4-23,35-36H,1-3H3,(H,39,43)/t35-,36+/m0/s1. The Bertz CT molecular complexity index is 1930. The zero-order valence-corrected chi connectivity index (χ0v) is 25.2. The molecule has 43 heavy (non-hydrogen) atoms. The number of aromatic nitrogens is 2. The number of nitrogens with one attached hydrogen (secondary N) is 1. The number of benzene rings is 4. The molecule has 1 N–H and O–H groups in total. The van der Waals surface area contributed by atoms with E-state index in [1.54, 1.807) is 0 Å². The van der Waals surface area contributed by atoms with Gasteiger partial charge in [0.25, 0.3) is 0 Å². The van der Waals surface area contributed by atoms with Crippen LogP contribution in [0.3, 0.4) is 0 Å². The van der Waals surface area contributed by atoms with Crippen LogP contribution in [0, 0.1) is 20.8 Å². The van der Waals surface area contributed by atoms with Crippen LogP contribution < -0.4 is 15.0 Å². The van der Waals surface area contributed by atoms with Gasteiger partial charge in [-0.3, -0.25) is 4.98 Å². The Morgan fingerprint density at radius 1 is 0.767 bits per heavy atom. The third-order valence-corrected chi connectivity index (χ3v) is 8.58. The highest BCUT2D eigenvalue weighted by Crippen LogP contribution is 2.44. The van der Waals surface area contributed by atoms with Gasteiger partial charge in [0.05, 0.1) is 23.5 Å². The van der Waals surface area contributed by atoms with Crippen molar-refractivity contribution >= 4 is 33.8 Å². The van der Waals surface area contributed by atoms with Gasteiger partial charge in [-0.05, 0) is 105 Å². The lowest BCUT2D eigenvalue weighted by Gasteiger charge is -2.28. The Balaban J connectivity index is 1.31. The highest BCUT2D eigenvalue weighted by molar-refractivity contribution is 7.80. The monoisotopic (exact) mass is 580 g/mol. The van der Waals surface area contributed by atoms with Crippen molar-refractivity contribution in [1.29, 1.82) is 0 Å². The van der Waals surface area contributed by atoms with Crippen LogP contribution in [0.5, 0.6) is 11.5 Å². The Kier molecular flexibility index (Phi) is 6.92. The maximum atomic E-state index is 6.12. The predicted octanol–water partition coefficient (Wildman–Crippen LogP) is 8.92. The van der Waals surface area contributed by atoms with Crippen molar-refractivity contribution < 1.29 is 4.74 Å². The molecule has 212 valence electrons. The van der Waals surface area contributed by atoms with Crippen molar-refractivity contribution in [3.05, 3.63) is 150 Å². The molecule has 0 aliphatic carbocycles. The molecule has 0 saturated carbocycles. The first kappa shape index (κ1) is 26.9. The molecule has 1 saturated heterocycles. The van der Waals surface area contributed by atoms with Crippen molar-refractivity contribution in [3.63, 3.8) is 0 Å². The minimum atomic E-state index is -0.126. The third kappa shape index (κ3) is 4.94. The summed E-state index contributed by atoms with van der Waals surface area (Å²) in [4.78, 5) is 6.97. The number of ether oxygens (including phenoxy) is 1. The van der Waals surface area contributed by atoms with Gasteiger partial charge in [0, 0.05) is 28.7 Å². The van der Waals surface area contributed by atoms with Gasteiger partial charge in [0.15, 0.2) is 5.11 Å². The Hall–Kier alpha value is -4.94. The van der Waals surface area contributed by atoms with Crippen LogP contribution in [-0.4, -0.2) is 14.7 Å².